The van der Waals surface area contributed by atoms with E-state index in [-0.39, 0.29) is 17.2 Å². The normalized spacial score (nSPS) is 10.9. The number of carbonyl (C=O) groups excluding carboxylic acids is 3. The molecule has 9 heteroatoms. The molecule has 0 spiro atoms. The van der Waals surface area contributed by atoms with Gasteiger partial charge in [0.1, 0.15) is 0 Å². The van der Waals surface area contributed by atoms with E-state index in [9.17, 15) is 14.4 Å². The average molecular weight is 568 g/mol. The van der Waals surface area contributed by atoms with Crippen LogP contribution in [0.2, 0.25) is 5.02 Å². The third kappa shape index (κ3) is 8.39. The van der Waals surface area contributed by atoms with Crippen LogP contribution in [-0.2, 0) is 4.79 Å². The van der Waals surface area contributed by atoms with Crippen LogP contribution in [0.3, 0.4) is 0 Å². The molecule has 0 saturated heterocycles. The molecule has 0 bridgehead atoms. The number of para-hydroxylation sites is 1. The summed E-state index contributed by atoms with van der Waals surface area (Å²) in [5, 5.41) is 7.29. The van der Waals surface area contributed by atoms with E-state index in [1.54, 1.807) is 72.8 Å². The number of hydrogen-bond donors (Lipinski definition) is 2. The predicted octanol–water partition coefficient (Wildman–Crippen LogP) is 6.37. The Morgan fingerprint density at radius 2 is 1.56 bits per heavy atom. The molecular weight excluding hydrogens is 542 g/mol. The zero-order valence-electron chi connectivity index (χ0n) is 22.0. The summed E-state index contributed by atoms with van der Waals surface area (Å²) >= 11 is 5.89. The van der Waals surface area contributed by atoms with Gasteiger partial charge in [-0.05, 0) is 78.7 Å². The summed E-state index contributed by atoms with van der Waals surface area (Å²) in [7, 11) is 0. The minimum Gasteiger partial charge on any atom is -0.490 e. The lowest BCUT2D eigenvalue weighted by atomic mass is 10.1. The fourth-order valence-corrected chi connectivity index (χ4v) is 3.77. The molecule has 8 nitrogen and oxygen atoms in total. The smallest absolute Gasteiger partial charge is 0.336 e. The highest BCUT2D eigenvalue weighted by Crippen LogP contribution is 2.28. The number of anilines is 1. The van der Waals surface area contributed by atoms with E-state index in [0.29, 0.717) is 34.2 Å². The summed E-state index contributed by atoms with van der Waals surface area (Å²) in [6.45, 7) is 2.16. The molecule has 0 fully saturated rings. The Labute approximate surface area is 242 Å². The first-order valence-electron chi connectivity index (χ1n) is 12.6. The molecule has 0 aliphatic heterocycles. The molecular formula is C32H26ClN3O5. The molecule has 206 valence electrons. The first-order valence-corrected chi connectivity index (χ1v) is 13.0. The molecule has 4 rings (SSSR count). The molecule has 4 aromatic carbocycles. The molecule has 0 unspecified atom stereocenters. The molecule has 0 radical (unpaired) electrons. The lowest BCUT2D eigenvalue weighted by Crippen LogP contribution is -2.21. The van der Waals surface area contributed by atoms with Crippen molar-refractivity contribution in [3.05, 3.63) is 130 Å². The van der Waals surface area contributed by atoms with Crippen molar-refractivity contribution in [2.24, 2.45) is 5.10 Å². The van der Waals surface area contributed by atoms with E-state index in [0.717, 1.165) is 5.56 Å². The Morgan fingerprint density at radius 3 is 2.32 bits per heavy atom. The van der Waals surface area contributed by atoms with Gasteiger partial charge in [0.25, 0.3) is 11.8 Å². The van der Waals surface area contributed by atoms with E-state index < -0.39 is 11.9 Å². The van der Waals surface area contributed by atoms with E-state index in [1.165, 1.54) is 12.3 Å². The van der Waals surface area contributed by atoms with Crippen molar-refractivity contribution in [1.29, 1.82) is 0 Å². The van der Waals surface area contributed by atoms with Crippen molar-refractivity contribution in [3.63, 3.8) is 0 Å². The largest absolute Gasteiger partial charge is 0.490 e. The molecule has 0 atom stereocenters. The molecule has 0 aromatic heterocycles. The zero-order chi connectivity index (χ0) is 29.0. The highest BCUT2D eigenvalue weighted by Gasteiger charge is 2.14. The molecule has 2 N–H and O–H groups in total. The van der Waals surface area contributed by atoms with Crippen molar-refractivity contribution in [2.75, 3.05) is 11.9 Å². The SMILES string of the molecule is CCOc1cc(/C=N\NC(=O)c2ccccc2NC(=O)c2ccc(Cl)cc2)ccc1OC(=O)/C=C/c1ccccc1. The average Bonchev–Trinajstić information content (AvgIpc) is 2.98. The molecule has 4 aromatic rings. The lowest BCUT2D eigenvalue weighted by molar-refractivity contribution is -0.129. The number of ether oxygens (including phenoxy) is 2. The molecule has 41 heavy (non-hydrogen) atoms. The molecule has 0 heterocycles. The van der Waals surface area contributed by atoms with Crippen LogP contribution in [0.4, 0.5) is 5.69 Å². The maximum atomic E-state index is 12.8. The number of halogens is 1. The monoisotopic (exact) mass is 567 g/mol. The standard InChI is InChI=1S/C32H26ClN3O5/c1-2-40-29-20-23(12-18-28(29)41-30(37)19-13-22-8-4-3-5-9-22)21-34-36-32(39)26-10-6-7-11-27(26)35-31(38)24-14-16-25(33)17-15-24/h3-21H,2H2,1H3,(H,35,38)(H,36,39)/b19-13+,34-21-. The van der Waals surface area contributed by atoms with Crippen molar-refractivity contribution in [1.82, 2.24) is 5.43 Å². The summed E-state index contributed by atoms with van der Waals surface area (Å²) < 4.78 is 11.1. The van der Waals surface area contributed by atoms with Crippen LogP contribution in [0.5, 0.6) is 11.5 Å². The number of esters is 1. The van der Waals surface area contributed by atoms with E-state index in [1.807, 2.05) is 37.3 Å². The third-order valence-electron chi connectivity index (χ3n) is 5.60. The van der Waals surface area contributed by atoms with Crippen molar-refractivity contribution >= 4 is 47.4 Å². The van der Waals surface area contributed by atoms with E-state index in [2.05, 4.69) is 15.8 Å². The number of nitrogens with zero attached hydrogens (tertiary/aromatic N) is 1. The van der Waals surface area contributed by atoms with Crippen LogP contribution in [-0.4, -0.2) is 30.6 Å². The van der Waals surface area contributed by atoms with Crippen LogP contribution in [0.25, 0.3) is 6.08 Å². The number of nitrogens with one attached hydrogen (secondary N) is 2. The predicted molar refractivity (Wildman–Crippen MR) is 160 cm³/mol. The first-order chi connectivity index (χ1) is 19.9. The van der Waals surface area contributed by atoms with Crippen LogP contribution in [0, 0.1) is 0 Å². The van der Waals surface area contributed by atoms with Crippen LogP contribution >= 0.6 is 11.6 Å². The fraction of sp³-hybridized carbons (Fsp3) is 0.0625. The minimum atomic E-state index is -0.551. The fourth-order valence-electron chi connectivity index (χ4n) is 3.64. The van der Waals surface area contributed by atoms with Gasteiger partial charge in [-0.1, -0.05) is 54.1 Å². The number of amides is 2. The van der Waals surface area contributed by atoms with Crippen LogP contribution in [0.15, 0.2) is 108 Å². The summed E-state index contributed by atoms with van der Waals surface area (Å²) in [6.07, 6.45) is 4.43. The topological polar surface area (TPSA) is 106 Å². The number of rotatable bonds is 10. The van der Waals surface area contributed by atoms with Gasteiger partial charge in [0, 0.05) is 16.7 Å². The molecule has 0 saturated carbocycles. The van der Waals surface area contributed by atoms with E-state index >= 15 is 0 Å². The van der Waals surface area contributed by atoms with Gasteiger partial charge in [0.15, 0.2) is 11.5 Å². The minimum absolute atomic E-state index is 0.229. The maximum absolute atomic E-state index is 12.8. The summed E-state index contributed by atoms with van der Waals surface area (Å²) in [4.78, 5) is 37.8. The Morgan fingerprint density at radius 1 is 0.829 bits per heavy atom. The van der Waals surface area contributed by atoms with Gasteiger partial charge in [0.05, 0.1) is 24.1 Å². The van der Waals surface area contributed by atoms with Gasteiger partial charge in [0.2, 0.25) is 0 Å². The highest BCUT2D eigenvalue weighted by molar-refractivity contribution is 6.30. The van der Waals surface area contributed by atoms with Gasteiger partial charge in [-0.2, -0.15) is 5.10 Å². The van der Waals surface area contributed by atoms with Gasteiger partial charge >= 0.3 is 5.97 Å². The molecule has 2 amide bonds. The molecule has 0 aliphatic carbocycles. The highest BCUT2D eigenvalue weighted by atomic mass is 35.5. The molecule has 0 aliphatic rings. The van der Waals surface area contributed by atoms with Gasteiger partial charge < -0.3 is 14.8 Å². The Kier molecular flexibility index (Phi) is 10.0. The third-order valence-corrected chi connectivity index (χ3v) is 5.85. The van der Waals surface area contributed by atoms with E-state index in [4.69, 9.17) is 21.1 Å². The second-order valence-electron chi connectivity index (χ2n) is 8.51. The summed E-state index contributed by atoms with van der Waals surface area (Å²) in [5.41, 5.74) is 4.88. The second kappa shape index (κ2) is 14.3. The Balaban J connectivity index is 1.40. The maximum Gasteiger partial charge on any atom is 0.336 e. The van der Waals surface area contributed by atoms with Crippen molar-refractivity contribution < 1.29 is 23.9 Å². The zero-order valence-corrected chi connectivity index (χ0v) is 22.8. The number of hydrazone groups is 1. The quantitative estimate of drug-likeness (QED) is 0.0761. The van der Waals surface area contributed by atoms with Crippen LogP contribution < -0.4 is 20.2 Å². The van der Waals surface area contributed by atoms with Crippen LogP contribution in [0.1, 0.15) is 38.8 Å². The Hall–Kier alpha value is -5.21. The number of carbonyl (C=O) groups is 3. The second-order valence-corrected chi connectivity index (χ2v) is 8.95. The van der Waals surface area contributed by atoms with Crippen molar-refractivity contribution in [2.45, 2.75) is 6.92 Å². The van der Waals surface area contributed by atoms with Gasteiger partial charge in [-0.15, -0.1) is 0 Å². The summed E-state index contributed by atoms with van der Waals surface area (Å²) in [5.74, 6) is -0.856. The van der Waals surface area contributed by atoms with Crippen molar-refractivity contribution in [3.8, 4) is 11.5 Å². The van der Waals surface area contributed by atoms with Gasteiger partial charge in [-0.3, -0.25) is 9.59 Å². The number of benzene rings is 4. The number of hydrogen-bond acceptors (Lipinski definition) is 6. The van der Waals surface area contributed by atoms with Gasteiger partial charge in [-0.25, -0.2) is 10.2 Å². The summed E-state index contributed by atoms with van der Waals surface area (Å²) in [6, 6.07) is 27.3. The lowest BCUT2D eigenvalue weighted by Gasteiger charge is -2.11. The Bertz CT molecular complexity index is 1580. The first kappa shape index (κ1) is 28.8.